The molecule has 0 unspecified atom stereocenters. The Kier molecular flexibility index (Phi) is 6.27. The van der Waals surface area contributed by atoms with Crippen LogP contribution in [0.4, 0.5) is 0 Å². The zero-order chi connectivity index (χ0) is 21.1. The number of nitrogens with zero attached hydrogens (tertiary/aromatic N) is 1. The third-order valence-corrected chi connectivity index (χ3v) is 5.66. The summed E-state index contributed by atoms with van der Waals surface area (Å²) in [5.74, 6) is 0.458. The minimum absolute atomic E-state index is 0.0867. The number of aryl methyl sites for hydroxylation is 2. The zero-order valence-electron chi connectivity index (χ0n) is 17.2. The van der Waals surface area contributed by atoms with E-state index in [1.165, 1.54) is 11.8 Å². The predicted octanol–water partition coefficient (Wildman–Crippen LogP) is 4.65. The van der Waals surface area contributed by atoms with Crippen molar-refractivity contribution in [1.29, 1.82) is 0 Å². The fourth-order valence-electron chi connectivity index (χ4n) is 3.30. The molecular formula is C22H24N2O4S. The fraction of sp³-hybridized carbons (Fsp3) is 0.318. The molecule has 0 bridgehead atoms. The second-order valence-electron chi connectivity index (χ2n) is 6.72. The van der Waals surface area contributed by atoms with E-state index in [1.807, 2.05) is 31.2 Å². The van der Waals surface area contributed by atoms with Gasteiger partial charge in [0.25, 0.3) is 0 Å². The minimum Gasteiger partial charge on any atom is -0.497 e. The molecule has 7 heteroatoms. The van der Waals surface area contributed by atoms with E-state index in [-0.39, 0.29) is 11.5 Å². The van der Waals surface area contributed by atoms with Gasteiger partial charge in [-0.25, -0.2) is 9.78 Å². The molecule has 0 saturated carbocycles. The maximum absolute atomic E-state index is 12.8. The number of rotatable bonds is 7. The molecule has 0 aliphatic heterocycles. The molecule has 1 aromatic carbocycles. The smallest absolute Gasteiger partial charge is 0.340 e. The second kappa shape index (κ2) is 8.69. The molecule has 0 spiro atoms. The van der Waals surface area contributed by atoms with Crippen LogP contribution in [0.1, 0.15) is 44.6 Å². The molecule has 0 radical (unpaired) electrons. The van der Waals surface area contributed by atoms with Crippen molar-refractivity contribution < 1.29 is 19.1 Å². The molecule has 0 atom stereocenters. The summed E-state index contributed by atoms with van der Waals surface area (Å²) < 4.78 is 10.4. The number of H-pyrrole nitrogens is 1. The summed E-state index contributed by atoms with van der Waals surface area (Å²) in [7, 11) is 1.62. The Morgan fingerprint density at radius 3 is 2.62 bits per heavy atom. The first-order valence-electron chi connectivity index (χ1n) is 9.33. The molecule has 3 aromatic rings. The van der Waals surface area contributed by atoms with Gasteiger partial charge in [-0.3, -0.25) is 4.79 Å². The first-order chi connectivity index (χ1) is 13.8. The maximum Gasteiger partial charge on any atom is 0.340 e. The number of Topliss-reactive ketones (excluding diaryl/α,β-unsaturated/α-hetero) is 1. The van der Waals surface area contributed by atoms with Gasteiger partial charge in [0, 0.05) is 17.1 Å². The topological polar surface area (TPSA) is 81.3 Å². The third kappa shape index (κ3) is 4.29. The quantitative estimate of drug-likeness (QED) is 0.346. The lowest BCUT2D eigenvalue weighted by Gasteiger charge is -2.08. The van der Waals surface area contributed by atoms with E-state index in [0.717, 1.165) is 27.2 Å². The van der Waals surface area contributed by atoms with Gasteiger partial charge in [-0.05, 0) is 57.0 Å². The van der Waals surface area contributed by atoms with E-state index in [4.69, 9.17) is 9.47 Å². The van der Waals surface area contributed by atoms with Gasteiger partial charge >= 0.3 is 5.97 Å². The van der Waals surface area contributed by atoms with Gasteiger partial charge in [0.1, 0.15) is 5.75 Å². The summed E-state index contributed by atoms with van der Waals surface area (Å²) in [6.45, 7) is 7.60. The van der Waals surface area contributed by atoms with Crippen molar-refractivity contribution >= 4 is 34.4 Å². The summed E-state index contributed by atoms with van der Waals surface area (Å²) in [5.41, 5.74) is 4.06. The summed E-state index contributed by atoms with van der Waals surface area (Å²) in [6.07, 6.45) is 0. The number of thioether (sulfide) groups is 1. The van der Waals surface area contributed by atoms with Gasteiger partial charge in [0.2, 0.25) is 0 Å². The predicted molar refractivity (Wildman–Crippen MR) is 114 cm³/mol. The Labute approximate surface area is 174 Å². The highest BCUT2D eigenvalue weighted by atomic mass is 32.2. The van der Waals surface area contributed by atoms with E-state index in [2.05, 4.69) is 9.97 Å². The van der Waals surface area contributed by atoms with Crippen LogP contribution < -0.4 is 4.74 Å². The average Bonchev–Trinajstić information content (AvgIpc) is 3.00. The molecule has 1 N–H and O–H groups in total. The van der Waals surface area contributed by atoms with Crippen LogP contribution in [0.5, 0.6) is 5.75 Å². The molecule has 0 fully saturated rings. The Bertz CT molecular complexity index is 1090. The number of carbonyl (C=O) groups is 2. The molecule has 0 amide bonds. The Morgan fingerprint density at radius 1 is 1.17 bits per heavy atom. The Hall–Kier alpha value is -2.80. The largest absolute Gasteiger partial charge is 0.497 e. The highest BCUT2D eigenvalue weighted by Crippen LogP contribution is 2.28. The summed E-state index contributed by atoms with van der Waals surface area (Å²) in [4.78, 5) is 32.6. The highest BCUT2D eigenvalue weighted by molar-refractivity contribution is 7.99. The Morgan fingerprint density at radius 2 is 1.93 bits per heavy atom. The van der Waals surface area contributed by atoms with Crippen molar-refractivity contribution in [2.45, 2.75) is 32.7 Å². The molecule has 29 heavy (non-hydrogen) atoms. The molecule has 0 aliphatic carbocycles. The second-order valence-corrected chi connectivity index (χ2v) is 7.71. The number of aromatic nitrogens is 2. The van der Waals surface area contributed by atoms with Crippen LogP contribution >= 0.6 is 11.8 Å². The monoisotopic (exact) mass is 412 g/mol. The average molecular weight is 413 g/mol. The highest BCUT2D eigenvalue weighted by Gasteiger charge is 2.23. The lowest BCUT2D eigenvalue weighted by molar-refractivity contribution is 0.0525. The van der Waals surface area contributed by atoms with E-state index >= 15 is 0 Å². The summed E-state index contributed by atoms with van der Waals surface area (Å²) in [6, 6.07) is 7.75. The number of pyridine rings is 1. The zero-order valence-corrected chi connectivity index (χ0v) is 18.0. The van der Waals surface area contributed by atoms with Gasteiger partial charge in [-0.15, -0.1) is 0 Å². The van der Waals surface area contributed by atoms with Crippen LogP contribution in [0.25, 0.3) is 10.9 Å². The number of hydrogen-bond donors (Lipinski definition) is 1. The first-order valence-corrected chi connectivity index (χ1v) is 10.3. The minimum atomic E-state index is -0.411. The molecule has 0 aliphatic rings. The van der Waals surface area contributed by atoms with E-state index < -0.39 is 5.97 Å². The van der Waals surface area contributed by atoms with Crippen molar-refractivity contribution in [2.24, 2.45) is 0 Å². The summed E-state index contributed by atoms with van der Waals surface area (Å²) in [5, 5.41) is 1.82. The van der Waals surface area contributed by atoms with Crippen LogP contribution in [-0.4, -0.2) is 41.2 Å². The maximum atomic E-state index is 12.8. The van der Waals surface area contributed by atoms with Crippen molar-refractivity contribution in [1.82, 2.24) is 9.97 Å². The Balaban J connectivity index is 1.80. The number of ketones is 1. The lowest BCUT2D eigenvalue weighted by Crippen LogP contribution is -2.08. The van der Waals surface area contributed by atoms with Crippen LogP contribution in [-0.2, 0) is 4.74 Å². The van der Waals surface area contributed by atoms with E-state index in [1.54, 1.807) is 27.9 Å². The number of carbonyl (C=O) groups excluding carboxylic acids is 2. The number of fused-ring (bicyclic) bond motifs is 1. The number of nitrogens with one attached hydrogen (secondary N) is 1. The molecule has 2 heterocycles. The van der Waals surface area contributed by atoms with Crippen molar-refractivity contribution in [3.8, 4) is 5.75 Å². The van der Waals surface area contributed by atoms with Gasteiger partial charge in [0.05, 0.1) is 41.3 Å². The van der Waals surface area contributed by atoms with Gasteiger partial charge in [-0.2, -0.15) is 0 Å². The van der Waals surface area contributed by atoms with Crippen LogP contribution in [0.2, 0.25) is 0 Å². The fourth-order valence-corrected chi connectivity index (χ4v) is 4.15. The van der Waals surface area contributed by atoms with Gasteiger partial charge < -0.3 is 14.5 Å². The number of methoxy groups -OCH3 is 1. The molecule has 2 aromatic heterocycles. The van der Waals surface area contributed by atoms with E-state index in [0.29, 0.717) is 29.1 Å². The molecular weight excluding hydrogens is 388 g/mol. The van der Waals surface area contributed by atoms with E-state index in [9.17, 15) is 9.59 Å². The van der Waals surface area contributed by atoms with Crippen LogP contribution in [0.15, 0.2) is 29.3 Å². The number of hydrogen-bond acceptors (Lipinski definition) is 6. The van der Waals surface area contributed by atoms with Gasteiger partial charge in [0.15, 0.2) is 5.78 Å². The van der Waals surface area contributed by atoms with Crippen LogP contribution in [0.3, 0.4) is 0 Å². The number of ether oxygens (including phenoxy) is 2. The normalized spacial score (nSPS) is 10.9. The van der Waals surface area contributed by atoms with Crippen LogP contribution in [0, 0.1) is 20.8 Å². The number of benzene rings is 1. The third-order valence-electron chi connectivity index (χ3n) is 4.75. The molecule has 6 nitrogen and oxygen atoms in total. The molecule has 0 saturated heterocycles. The molecule has 3 rings (SSSR count). The molecule has 152 valence electrons. The number of esters is 1. The van der Waals surface area contributed by atoms with Crippen molar-refractivity contribution in [3.05, 3.63) is 52.3 Å². The lowest BCUT2D eigenvalue weighted by atomic mass is 10.1. The number of aromatic amines is 1. The first kappa shape index (κ1) is 20.9. The SMILES string of the molecule is CCOC(=O)c1c(C)[nH]c(C(=O)CSc2cc(C)c3ccc(OC)cc3n2)c1C. The standard InChI is InChI=1S/C22H24N2O4S/c1-6-28-22(26)20-13(3)21(23-14(20)4)18(25)11-29-19-9-12(2)16-8-7-15(27-5)10-17(16)24-19/h7-10,23H,6,11H2,1-5H3. The van der Waals surface area contributed by atoms with Crippen molar-refractivity contribution in [2.75, 3.05) is 19.5 Å². The summed E-state index contributed by atoms with van der Waals surface area (Å²) >= 11 is 1.37. The van der Waals surface area contributed by atoms with Gasteiger partial charge in [-0.1, -0.05) is 11.8 Å². The van der Waals surface area contributed by atoms with Crippen molar-refractivity contribution in [3.63, 3.8) is 0 Å².